The van der Waals surface area contributed by atoms with Gasteiger partial charge in [0.2, 0.25) is 10.0 Å². The van der Waals surface area contributed by atoms with Crippen LogP contribution in [0.1, 0.15) is 37.1 Å². The predicted octanol–water partition coefficient (Wildman–Crippen LogP) is 4.43. The minimum Gasteiger partial charge on any atom is -0.444 e. The number of carbonyl (C=O) groups excluding carboxylic acids is 1. The molecule has 3 heterocycles. The lowest BCUT2D eigenvalue weighted by Gasteiger charge is -2.30. The molecule has 0 aliphatic carbocycles. The van der Waals surface area contributed by atoms with Crippen molar-refractivity contribution >= 4 is 44.6 Å². The fourth-order valence-corrected chi connectivity index (χ4v) is 7.20. The second-order valence-corrected chi connectivity index (χ2v) is 14.0. The van der Waals surface area contributed by atoms with Gasteiger partial charge in [0.1, 0.15) is 12.1 Å². The predicted molar refractivity (Wildman–Crippen MR) is 164 cm³/mol. The Balaban J connectivity index is 1.35. The zero-order valence-corrected chi connectivity index (χ0v) is 25.9. The van der Waals surface area contributed by atoms with Gasteiger partial charge in [-0.2, -0.15) is 9.29 Å². The number of ether oxygens (including phenoxy) is 1. The van der Waals surface area contributed by atoms with Gasteiger partial charge in [-0.05, 0) is 42.9 Å². The first-order valence-corrected chi connectivity index (χ1v) is 16.7. The van der Waals surface area contributed by atoms with Crippen LogP contribution in [0.3, 0.4) is 0 Å². The highest BCUT2D eigenvalue weighted by molar-refractivity contribution is 7.89. The standard InChI is InChI=1S/C30H37N5O6S2/c1-21(2)17-35(43(38,39)24-10-11-25-28(15-24)41-29(32-25)34-12-6-7-13-34)18-27(36)26(14-22-8-4-3-5-9-22)33-30(37)40-19-23-16-31-20-42-23/h3-5,8-11,15-16,20-21,26-27,36H,6-7,12-14,17-19H2,1-2H3,(H,33,37). The molecule has 11 nitrogen and oxygen atoms in total. The van der Waals surface area contributed by atoms with Crippen LogP contribution < -0.4 is 10.2 Å². The van der Waals surface area contributed by atoms with Crippen molar-refractivity contribution in [1.82, 2.24) is 19.6 Å². The van der Waals surface area contributed by atoms with Gasteiger partial charge in [-0.3, -0.25) is 4.98 Å². The van der Waals surface area contributed by atoms with E-state index < -0.39 is 28.3 Å². The number of nitrogens with one attached hydrogen (secondary N) is 1. The Hall–Kier alpha value is -3.52. The fraction of sp³-hybridized carbons (Fsp3) is 0.433. The molecule has 1 amide bonds. The second-order valence-electron chi connectivity index (χ2n) is 11.1. The maximum absolute atomic E-state index is 14.0. The monoisotopic (exact) mass is 627 g/mol. The molecule has 4 aromatic rings. The first-order chi connectivity index (χ1) is 20.7. The lowest BCUT2D eigenvalue weighted by molar-refractivity contribution is 0.0876. The summed E-state index contributed by atoms with van der Waals surface area (Å²) >= 11 is 1.36. The minimum atomic E-state index is -4.04. The van der Waals surface area contributed by atoms with Gasteiger partial charge in [0, 0.05) is 38.4 Å². The lowest BCUT2D eigenvalue weighted by Crippen LogP contribution is -2.51. The number of alkyl carbamates (subject to hydrolysis) is 1. The Morgan fingerprint density at radius 1 is 1.16 bits per heavy atom. The highest BCUT2D eigenvalue weighted by Gasteiger charge is 2.32. The van der Waals surface area contributed by atoms with Crippen molar-refractivity contribution in [3.63, 3.8) is 0 Å². The first kappa shape index (κ1) is 30.9. The summed E-state index contributed by atoms with van der Waals surface area (Å²) < 4.78 is 40.5. The maximum atomic E-state index is 14.0. The van der Waals surface area contributed by atoms with Crippen LogP contribution in [0.2, 0.25) is 0 Å². The molecule has 2 aromatic heterocycles. The molecular weight excluding hydrogens is 590 g/mol. The van der Waals surface area contributed by atoms with Crippen molar-refractivity contribution in [3.8, 4) is 0 Å². The van der Waals surface area contributed by atoms with Gasteiger partial charge in [-0.1, -0.05) is 44.2 Å². The maximum Gasteiger partial charge on any atom is 0.407 e. The quantitative estimate of drug-likeness (QED) is 0.220. The van der Waals surface area contributed by atoms with Gasteiger partial charge in [-0.25, -0.2) is 13.2 Å². The molecule has 2 aromatic carbocycles. The molecule has 1 aliphatic rings. The molecule has 1 aliphatic heterocycles. The number of hydrogen-bond donors (Lipinski definition) is 2. The molecule has 2 N–H and O–H groups in total. The summed E-state index contributed by atoms with van der Waals surface area (Å²) in [6.45, 7) is 5.51. The Kier molecular flexibility index (Phi) is 9.96. The van der Waals surface area contributed by atoms with E-state index >= 15 is 0 Å². The van der Waals surface area contributed by atoms with Crippen molar-refractivity contribution in [3.05, 3.63) is 70.7 Å². The van der Waals surface area contributed by atoms with Crippen LogP contribution in [0, 0.1) is 5.92 Å². The number of rotatable bonds is 13. The molecule has 230 valence electrons. The molecule has 13 heteroatoms. The van der Waals surface area contributed by atoms with Crippen LogP contribution in [-0.4, -0.2) is 72.2 Å². The lowest BCUT2D eigenvalue weighted by atomic mass is 10.0. The Bertz CT molecular complexity index is 1590. The third-order valence-electron chi connectivity index (χ3n) is 7.22. The van der Waals surface area contributed by atoms with Gasteiger partial charge in [0.15, 0.2) is 5.58 Å². The molecule has 1 saturated heterocycles. The molecule has 2 unspecified atom stereocenters. The van der Waals surface area contributed by atoms with Crippen LogP contribution in [0.4, 0.5) is 10.8 Å². The summed E-state index contributed by atoms with van der Waals surface area (Å²) in [5, 5.41) is 14.2. The molecule has 0 spiro atoms. The topological polar surface area (TPSA) is 138 Å². The van der Waals surface area contributed by atoms with E-state index in [2.05, 4.69) is 20.2 Å². The molecular formula is C30H37N5O6S2. The number of fused-ring (bicyclic) bond motifs is 1. The number of sulfonamides is 1. The van der Waals surface area contributed by atoms with Crippen molar-refractivity contribution in [1.29, 1.82) is 0 Å². The molecule has 0 bridgehead atoms. The van der Waals surface area contributed by atoms with Gasteiger partial charge >= 0.3 is 6.09 Å². The highest BCUT2D eigenvalue weighted by atomic mass is 32.2. The van der Waals surface area contributed by atoms with Gasteiger partial charge in [0.25, 0.3) is 6.01 Å². The van der Waals surface area contributed by atoms with Crippen molar-refractivity contribution < 1.29 is 27.5 Å². The average molecular weight is 628 g/mol. The summed E-state index contributed by atoms with van der Waals surface area (Å²) in [5.41, 5.74) is 3.49. The third kappa shape index (κ3) is 7.91. The number of aliphatic hydroxyl groups is 1. The minimum absolute atomic E-state index is 0.0253. The van der Waals surface area contributed by atoms with Crippen molar-refractivity contribution in [2.45, 2.75) is 56.8 Å². The Morgan fingerprint density at radius 3 is 2.63 bits per heavy atom. The molecule has 2 atom stereocenters. The second kappa shape index (κ2) is 13.8. The smallest absolute Gasteiger partial charge is 0.407 e. The third-order valence-corrected chi connectivity index (χ3v) is 9.80. The van der Waals surface area contributed by atoms with Crippen LogP contribution in [-0.2, 0) is 27.8 Å². The van der Waals surface area contributed by atoms with Crippen LogP contribution >= 0.6 is 11.3 Å². The number of thiazole rings is 1. The van der Waals surface area contributed by atoms with E-state index in [1.807, 2.05) is 44.2 Å². The van der Waals surface area contributed by atoms with E-state index in [4.69, 9.17) is 9.15 Å². The van der Waals surface area contributed by atoms with E-state index in [0.717, 1.165) is 36.4 Å². The first-order valence-electron chi connectivity index (χ1n) is 14.4. The number of aliphatic hydroxyl groups excluding tert-OH is 1. The van der Waals surface area contributed by atoms with E-state index in [1.54, 1.807) is 17.8 Å². The fourth-order valence-electron chi connectivity index (χ4n) is 5.05. The van der Waals surface area contributed by atoms with E-state index in [0.29, 0.717) is 17.1 Å². The number of amides is 1. The number of oxazole rings is 1. The van der Waals surface area contributed by atoms with E-state index in [-0.39, 0.29) is 36.9 Å². The summed E-state index contributed by atoms with van der Waals surface area (Å²) in [5.74, 6) is -0.0253. The zero-order chi connectivity index (χ0) is 30.4. The van der Waals surface area contributed by atoms with Crippen LogP contribution in [0.5, 0.6) is 0 Å². The SMILES string of the molecule is CC(C)CN(CC(O)C(Cc1ccccc1)NC(=O)OCc1cncs1)S(=O)(=O)c1ccc2nc(N3CCCC3)oc2c1. The average Bonchev–Trinajstić information content (AvgIpc) is 3.77. The van der Waals surface area contributed by atoms with Crippen molar-refractivity contribution in [2.24, 2.45) is 5.92 Å². The van der Waals surface area contributed by atoms with E-state index in [9.17, 15) is 18.3 Å². The number of benzene rings is 2. The summed E-state index contributed by atoms with van der Waals surface area (Å²) in [7, 11) is -4.04. The zero-order valence-electron chi connectivity index (χ0n) is 24.3. The highest BCUT2D eigenvalue weighted by Crippen LogP contribution is 2.28. The molecule has 1 fully saturated rings. The Morgan fingerprint density at radius 2 is 1.93 bits per heavy atom. The van der Waals surface area contributed by atoms with Crippen LogP contribution in [0.25, 0.3) is 11.1 Å². The number of nitrogens with zero attached hydrogens (tertiary/aromatic N) is 4. The van der Waals surface area contributed by atoms with Crippen LogP contribution in [0.15, 0.2) is 69.6 Å². The normalized spacial score (nSPS) is 15.3. The Labute approximate surface area is 255 Å². The summed E-state index contributed by atoms with van der Waals surface area (Å²) in [4.78, 5) is 24.1. The number of carbonyl (C=O) groups is 1. The van der Waals surface area contributed by atoms with E-state index in [1.165, 1.54) is 27.8 Å². The number of anilines is 1. The summed E-state index contributed by atoms with van der Waals surface area (Å²) in [6, 6.07) is 13.7. The molecule has 0 radical (unpaired) electrons. The number of hydrogen-bond acceptors (Lipinski definition) is 10. The van der Waals surface area contributed by atoms with Gasteiger partial charge < -0.3 is 24.5 Å². The van der Waals surface area contributed by atoms with Gasteiger partial charge in [0.05, 0.1) is 27.4 Å². The number of aromatic nitrogens is 2. The largest absolute Gasteiger partial charge is 0.444 e. The van der Waals surface area contributed by atoms with Crippen molar-refractivity contribution in [2.75, 3.05) is 31.1 Å². The molecule has 5 rings (SSSR count). The molecule has 0 saturated carbocycles. The van der Waals surface area contributed by atoms with Gasteiger partial charge in [-0.15, -0.1) is 11.3 Å². The molecule has 43 heavy (non-hydrogen) atoms. The summed E-state index contributed by atoms with van der Waals surface area (Å²) in [6.07, 6.45) is 2.07.